The van der Waals surface area contributed by atoms with Gasteiger partial charge in [-0.25, -0.2) is 9.37 Å². The molecule has 2 nitrogen and oxygen atoms in total. The van der Waals surface area contributed by atoms with Crippen LogP contribution in [0.3, 0.4) is 0 Å². The van der Waals surface area contributed by atoms with E-state index in [0.717, 1.165) is 28.1 Å². The summed E-state index contributed by atoms with van der Waals surface area (Å²) in [7, 11) is 0. The third kappa shape index (κ3) is 2.84. The van der Waals surface area contributed by atoms with Gasteiger partial charge < -0.3 is 4.42 Å². The van der Waals surface area contributed by atoms with E-state index in [9.17, 15) is 4.39 Å². The molecule has 116 valence electrons. The fourth-order valence-electron chi connectivity index (χ4n) is 2.65. The van der Waals surface area contributed by atoms with Gasteiger partial charge in [0.25, 0.3) is 0 Å². The Hall–Kier alpha value is -3.20. The topological polar surface area (TPSA) is 26.0 Å². The van der Waals surface area contributed by atoms with Crippen LogP contribution in [0.15, 0.2) is 89.5 Å². The zero-order chi connectivity index (χ0) is 16.4. The van der Waals surface area contributed by atoms with Gasteiger partial charge in [0.05, 0.1) is 12.0 Å². The molecule has 0 N–H and O–H groups in total. The van der Waals surface area contributed by atoms with Crippen molar-refractivity contribution < 1.29 is 8.81 Å². The Labute approximate surface area is 139 Å². The Morgan fingerprint density at radius 2 is 1.42 bits per heavy atom. The molecule has 0 radical (unpaired) electrons. The second-order valence-corrected chi connectivity index (χ2v) is 5.48. The predicted octanol–water partition coefficient (Wildman–Crippen LogP) is 5.81. The van der Waals surface area contributed by atoms with Gasteiger partial charge in [-0.3, -0.25) is 0 Å². The Morgan fingerprint density at radius 3 is 2.12 bits per heavy atom. The molecule has 24 heavy (non-hydrogen) atoms. The van der Waals surface area contributed by atoms with E-state index in [0.29, 0.717) is 5.76 Å². The van der Waals surface area contributed by atoms with Gasteiger partial charge >= 0.3 is 0 Å². The highest BCUT2D eigenvalue weighted by Gasteiger charge is 2.10. The highest BCUT2D eigenvalue weighted by Crippen LogP contribution is 2.30. The maximum Gasteiger partial charge on any atom is 0.152 e. The summed E-state index contributed by atoms with van der Waals surface area (Å²) >= 11 is 0. The summed E-state index contributed by atoms with van der Waals surface area (Å²) in [4.78, 5) is 4.69. The molecule has 0 aliphatic rings. The van der Waals surface area contributed by atoms with Crippen molar-refractivity contribution in [1.82, 2.24) is 4.98 Å². The maximum atomic E-state index is 13.2. The predicted molar refractivity (Wildman–Crippen MR) is 92.8 cm³/mol. The number of benzene rings is 2. The van der Waals surface area contributed by atoms with Crippen LogP contribution >= 0.6 is 0 Å². The van der Waals surface area contributed by atoms with Crippen molar-refractivity contribution in [1.29, 1.82) is 0 Å². The van der Waals surface area contributed by atoms with E-state index in [2.05, 4.69) is 17.1 Å². The molecule has 0 bridgehead atoms. The first-order chi connectivity index (χ1) is 11.8. The first kappa shape index (κ1) is 14.4. The molecule has 0 spiro atoms. The lowest BCUT2D eigenvalue weighted by atomic mass is 10.0. The van der Waals surface area contributed by atoms with Gasteiger partial charge in [-0.1, -0.05) is 30.3 Å². The summed E-state index contributed by atoms with van der Waals surface area (Å²) < 4.78 is 18.7. The van der Waals surface area contributed by atoms with Crippen LogP contribution in [0.1, 0.15) is 0 Å². The maximum absolute atomic E-state index is 13.2. The molecule has 4 aromatic rings. The van der Waals surface area contributed by atoms with Crippen LogP contribution < -0.4 is 0 Å². The standard InChI is InChI=1S/C21H14FNO/c22-18-10-8-16(9-11-18)19-13-17(15-5-2-1-3-6-15)14-20(23-19)21-7-4-12-24-21/h1-14H. The fraction of sp³-hybridized carbons (Fsp3) is 0. The molecule has 4 rings (SSSR count). The molecule has 0 aliphatic heterocycles. The number of halogens is 1. The molecule has 0 saturated carbocycles. The summed E-state index contributed by atoms with van der Waals surface area (Å²) in [5.41, 5.74) is 4.53. The normalized spacial score (nSPS) is 10.7. The van der Waals surface area contributed by atoms with Gasteiger partial charge in [-0.2, -0.15) is 0 Å². The summed E-state index contributed by atoms with van der Waals surface area (Å²) in [5.74, 6) is 0.445. The van der Waals surface area contributed by atoms with Gasteiger partial charge in [-0.15, -0.1) is 0 Å². The lowest BCUT2D eigenvalue weighted by Crippen LogP contribution is -1.90. The molecular weight excluding hydrogens is 301 g/mol. The lowest BCUT2D eigenvalue weighted by molar-refractivity contribution is 0.580. The number of nitrogens with zero attached hydrogens (tertiary/aromatic N) is 1. The van der Waals surface area contributed by atoms with Gasteiger partial charge in [0.1, 0.15) is 11.5 Å². The van der Waals surface area contributed by atoms with E-state index in [1.807, 2.05) is 42.5 Å². The van der Waals surface area contributed by atoms with Gasteiger partial charge in [0.15, 0.2) is 5.76 Å². The number of hydrogen-bond acceptors (Lipinski definition) is 2. The average Bonchev–Trinajstić information content (AvgIpc) is 3.17. The SMILES string of the molecule is Fc1ccc(-c2cc(-c3ccccc3)cc(-c3ccco3)n2)cc1. The van der Waals surface area contributed by atoms with Crippen LogP contribution in [0.2, 0.25) is 0 Å². The molecule has 0 amide bonds. The van der Waals surface area contributed by atoms with Crippen LogP contribution in [0.4, 0.5) is 4.39 Å². The van der Waals surface area contributed by atoms with E-state index >= 15 is 0 Å². The zero-order valence-electron chi connectivity index (χ0n) is 12.8. The Morgan fingerprint density at radius 1 is 0.667 bits per heavy atom. The second kappa shape index (κ2) is 6.13. The van der Waals surface area contributed by atoms with Crippen LogP contribution in [-0.2, 0) is 0 Å². The minimum absolute atomic E-state index is 0.260. The van der Waals surface area contributed by atoms with Crippen LogP contribution in [0, 0.1) is 5.82 Å². The van der Waals surface area contributed by atoms with Crippen molar-refractivity contribution in [3.8, 4) is 33.8 Å². The molecular formula is C21H14FNO. The molecule has 0 aliphatic carbocycles. The van der Waals surface area contributed by atoms with Crippen molar-refractivity contribution in [2.24, 2.45) is 0 Å². The molecule has 0 saturated heterocycles. The Balaban J connectivity index is 1.90. The average molecular weight is 315 g/mol. The summed E-state index contributed by atoms with van der Waals surface area (Å²) in [6, 6.07) is 24.2. The molecule has 3 heteroatoms. The fourth-order valence-corrected chi connectivity index (χ4v) is 2.65. The van der Waals surface area contributed by atoms with Crippen LogP contribution in [0.25, 0.3) is 33.8 Å². The first-order valence-electron chi connectivity index (χ1n) is 7.67. The smallest absolute Gasteiger partial charge is 0.152 e. The van der Waals surface area contributed by atoms with E-state index in [4.69, 9.17) is 4.42 Å². The van der Waals surface area contributed by atoms with E-state index < -0.39 is 0 Å². The molecule has 0 fully saturated rings. The zero-order valence-corrected chi connectivity index (χ0v) is 12.8. The summed E-state index contributed by atoms with van der Waals surface area (Å²) in [6.45, 7) is 0. The van der Waals surface area contributed by atoms with Gasteiger partial charge in [0, 0.05) is 5.56 Å². The van der Waals surface area contributed by atoms with Crippen molar-refractivity contribution >= 4 is 0 Å². The van der Waals surface area contributed by atoms with Crippen molar-refractivity contribution in [2.75, 3.05) is 0 Å². The Bertz CT molecular complexity index is 945. The molecule has 2 aromatic heterocycles. The van der Waals surface area contributed by atoms with Crippen molar-refractivity contribution in [2.45, 2.75) is 0 Å². The third-order valence-electron chi connectivity index (χ3n) is 3.85. The Kier molecular flexibility index (Phi) is 3.67. The largest absolute Gasteiger partial charge is 0.463 e. The van der Waals surface area contributed by atoms with Crippen molar-refractivity contribution in [3.63, 3.8) is 0 Å². The van der Waals surface area contributed by atoms with E-state index in [1.165, 1.54) is 12.1 Å². The monoisotopic (exact) mass is 315 g/mol. The first-order valence-corrected chi connectivity index (χ1v) is 7.67. The number of pyridine rings is 1. The van der Waals surface area contributed by atoms with Crippen molar-refractivity contribution in [3.05, 3.63) is 90.9 Å². The lowest BCUT2D eigenvalue weighted by Gasteiger charge is -2.09. The van der Waals surface area contributed by atoms with Gasteiger partial charge in [-0.05, 0) is 59.7 Å². The van der Waals surface area contributed by atoms with Crippen LogP contribution in [-0.4, -0.2) is 4.98 Å². The summed E-state index contributed by atoms with van der Waals surface area (Å²) in [5, 5.41) is 0. The molecule has 2 heterocycles. The third-order valence-corrected chi connectivity index (χ3v) is 3.85. The van der Waals surface area contributed by atoms with Crippen LogP contribution in [0.5, 0.6) is 0 Å². The number of aromatic nitrogens is 1. The number of rotatable bonds is 3. The minimum atomic E-state index is -0.260. The van der Waals surface area contributed by atoms with E-state index in [-0.39, 0.29) is 5.82 Å². The molecule has 2 aromatic carbocycles. The second-order valence-electron chi connectivity index (χ2n) is 5.48. The highest BCUT2D eigenvalue weighted by atomic mass is 19.1. The van der Waals surface area contributed by atoms with Gasteiger partial charge in [0.2, 0.25) is 0 Å². The number of hydrogen-bond donors (Lipinski definition) is 0. The number of furan rings is 1. The molecule has 0 atom stereocenters. The summed E-state index contributed by atoms with van der Waals surface area (Å²) in [6.07, 6.45) is 1.63. The minimum Gasteiger partial charge on any atom is -0.463 e. The highest BCUT2D eigenvalue weighted by molar-refractivity contribution is 5.75. The van der Waals surface area contributed by atoms with E-state index in [1.54, 1.807) is 18.4 Å². The molecule has 0 unspecified atom stereocenters. The quantitative estimate of drug-likeness (QED) is 0.476.